The van der Waals surface area contributed by atoms with E-state index in [9.17, 15) is 24.3 Å². The van der Waals surface area contributed by atoms with Crippen molar-refractivity contribution in [2.75, 3.05) is 26.2 Å². The Labute approximate surface area is 250 Å². The first-order chi connectivity index (χ1) is 19.6. The van der Waals surface area contributed by atoms with E-state index < -0.39 is 47.2 Å². The Hall–Kier alpha value is -2.72. The molecule has 42 heavy (non-hydrogen) atoms. The van der Waals surface area contributed by atoms with Crippen LogP contribution >= 0.6 is 0 Å². The molecule has 1 spiro atoms. The second-order valence-electron chi connectivity index (χ2n) is 13.8. The number of amides is 3. The maximum Gasteiger partial charge on any atom is 0.312 e. The van der Waals surface area contributed by atoms with Gasteiger partial charge in [0.05, 0.1) is 24.5 Å². The van der Waals surface area contributed by atoms with Crippen molar-refractivity contribution in [2.45, 2.75) is 109 Å². The molecule has 0 aromatic rings. The second kappa shape index (κ2) is 13.3. The van der Waals surface area contributed by atoms with Crippen LogP contribution in [-0.4, -0.2) is 94.2 Å². The minimum absolute atomic E-state index is 0.0644. The summed E-state index contributed by atoms with van der Waals surface area (Å²) >= 11 is 0. The molecular weight excluding hydrogens is 538 g/mol. The molecular formula is C32H51N3O7. The molecule has 0 saturated carbocycles. The van der Waals surface area contributed by atoms with Gasteiger partial charge in [0, 0.05) is 31.7 Å². The molecule has 0 unspecified atom stereocenters. The van der Waals surface area contributed by atoms with Crippen LogP contribution in [0, 0.1) is 17.3 Å². The minimum Gasteiger partial charge on any atom is -0.460 e. The van der Waals surface area contributed by atoms with Crippen LogP contribution in [0.15, 0.2) is 25.3 Å². The molecule has 0 radical (unpaired) electrons. The van der Waals surface area contributed by atoms with E-state index in [0.29, 0.717) is 45.1 Å². The highest BCUT2D eigenvalue weighted by atomic mass is 16.6. The number of likely N-dealkylation sites (tertiary alicyclic amines) is 1. The molecule has 3 aliphatic rings. The van der Waals surface area contributed by atoms with Crippen molar-refractivity contribution in [1.29, 1.82) is 0 Å². The quantitative estimate of drug-likeness (QED) is 0.222. The monoisotopic (exact) mass is 589 g/mol. The summed E-state index contributed by atoms with van der Waals surface area (Å²) in [6, 6.07) is -0.926. The van der Waals surface area contributed by atoms with E-state index in [4.69, 9.17) is 9.47 Å². The zero-order valence-corrected chi connectivity index (χ0v) is 26.3. The number of esters is 1. The summed E-state index contributed by atoms with van der Waals surface area (Å²) in [6.07, 6.45) is 5.08. The van der Waals surface area contributed by atoms with E-state index in [-0.39, 0.29) is 42.8 Å². The Morgan fingerprint density at radius 2 is 1.93 bits per heavy atom. The highest BCUT2D eigenvalue weighted by molar-refractivity contribution is 5.98. The number of nitrogens with one attached hydrogen (secondary N) is 1. The Morgan fingerprint density at radius 1 is 1.24 bits per heavy atom. The van der Waals surface area contributed by atoms with Gasteiger partial charge < -0.3 is 29.7 Å². The summed E-state index contributed by atoms with van der Waals surface area (Å²) in [6.45, 7) is 20.1. The molecule has 236 valence electrons. The first-order valence-electron chi connectivity index (χ1n) is 15.2. The number of rotatable bonds is 15. The number of hydrogen-bond donors (Lipinski definition) is 2. The first-order valence-corrected chi connectivity index (χ1v) is 15.2. The van der Waals surface area contributed by atoms with Crippen LogP contribution in [0.1, 0.15) is 80.1 Å². The van der Waals surface area contributed by atoms with Crippen molar-refractivity contribution >= 4 is 23.7 Å². The molecule has 10 nitrogen and oxygen atoms in total. The topological polar surface area (TPSA) is 125 Å². The number of ether oxygens (including phenoxy) is 2. The summed E-state index contributed by atoms with van der Waals surface area (Å²) < 4.78 is 12.2. The van der Waals surface area contributed by atoms with Gasteiger partial charge in [-0.05, 0) is 58.3 Å². The molecule has 3 saturated heterocycles. The maximum absolute atomic E-state index is 14.6. The summed E-state index contributed by atoms with van der Waals surface area (Å²) in [5.74, 6) is -2.98. The van der Waals surface area contributed by atoms with Crippen molar-refractivity contribution in [3.63, 3.8) is 0 Å². The number of aliphatic hydroxyl groups excluding tert-OH is 1. The van der Waals surface area contributed by atoms with E-state index in [0.717, 1.165) is 0 Å². The number of carbonyl (C=O) groups is 4. The summed E-state index contributed by atoms with van der Waals surface area (Å²) in [5.41, 5.74) is -1.77. The van der Waals surface area contributed by atoms with Gasteiger partial charge in [-0.25, -0.2) is 0 Å². The van der Waals surface area contributed by atoms with Crippen molar-refractivity contribution in [2.24, 2.45) is 17.3 Å². The molecule has 3 aliphatic heterocycles. The van der Waals surface area contributed by atoms with E-state index >= 15 is 0 Å². The lowest BCUT2D eigenvalue weighted by Crippen LogP contribution is -2.61. The van der Waals surface area contributed by atoms with Crippen molar-refractivity contribution in [3.8, 4) is 0 Å². The lowest BCUT2D eigenvalue weighted by atomic mass is 9.70. The van der Waals surface area contributed by atoms with Gasteiger partial charge in [0.2, 0.25) is 17.7 Å². The van der Waals surface area contributed by atoms with Crippen LogP contribution in [0.25, 0.3) is 0 Å². The molecule has 10 heteroatoms. The average Bonchev–Trinajstić information content (AvgIpc) is 3.53. The normalized spacial score (nSPS) is 27.4. The smallest absolute Gasteiger partial charge is 0.312 e. The second-order valence-corrected chi connectivity index (χ2v) is 13.8. The van der Waals surface area contributed by atoms with E-state index in [1.54, 1.807) is 24.0 Å². The molecule has 3 heterocycles. The zero-order valence-electron chi connectivity index (χ0n) is 26.3. The van der Waals surface area contributed by atoms with E-state index in [2.05, 4.69) is 39.2 Å². The first kappa shape index (κ1) is 33.8. The Bertz CT molecular complexity index is 1050. The van der Waals surface area contributed by atoms with Crippen LogP contribution in [0.3, 0.4) is 0 Å². The van der Waals surface area contributed by atoms with Gasteiger partial charge in [-0.15, -0.1) is 13.2 Å². The Morgan fingerprint density at radius 3 is 2.52 bits per heavy atom. The van der Waals surface area contributed by atoms with E-state index in [1.807, 2.05) is 13.8 Å². The third kappa shape index (κ3) is 6.91. The summed E-state index contributed by atoms with van der Waals surface area (Å²) in [4.78, 5) is 57.5. The van der Waals surface area contributed by atoms with Crippen LogP contribution in [0.2, 0.25) is 0 Å². The minimum atomic E-state index is -1.16. The molecule has 0 aliphatic carbocycles. The Kier molecular flexibility index (Phi) is 10.7. The maximum atomic E-state index is 14.6. The molecule has 6 atom stereocenters. The van der Waals surface area contributed by atoms with Crippen LogP contribution in [0.5, 0.6) is 0 Å². The molecule has 3 amide bonds. The zero-order chi connectivity index (χ0) is 31.5. The summed E-state index contributed by atoms with van der Waals surface area (Å²) in [5, 5.41) is 12.4. The van der Waals surface area contributed by atoms with Gasteiger partial charge in [-0.3, -0.25) is 19.2 Å². The van der Waals surface area contributed by atoms with Gasteiger partial charge in [0.25, 0.3) is 0 Å². The lowest BCUT2D eigenvalue weighted by molar-refractivity contribution is -0.159. The predicted molar refractivity (Wildman–Crippen MR) is 159 cm³/mol. The third-order valence-electron chi connectivity index (χ3n) is 8.61. The van der Waals surface area contributed by atoms with Gasteiger partial charge in [0.15, 0.2) is 0 Å². The molecule has 3 fully saturated rings. The number of aliphatic hydroxyl groups is 1. The number of carbonyl (C=O) groups excluding carboxylic acids is 4. The fourth-order valence-corrected chi connectivity index (χ4v) is 7.38. The number of fused-ring (bicyclic) bond motifs is 1. The average molecular weight is 590 g/mol. The highest BCUT2D eigenvalue weighted by Crippen LogP contribution is 2.59. The fourth-order valence-electron chi connectivity index (χ4n) is 7.38. The van der Waals surface area contributed by atoms with Gasteiger partial charge in [-0.1, -0.05) is 32.9 Å². The molecule has 3 rings (SSSR count). The number of nitrogens with zero attached hydrogens (tertiary/aromatic N) is 2. The molecule has 0 aromatic carbocycles. The van der Waals surface area contributed by atoms with Gasteiger partial charge in [0.1, 0.15) is 17.7 Å². The Balaban J connectivity index is 1.89. The fraction of sp³-hybridized carbons (Fsp3) is 0.750. The highest BCUT2D eigenvalue weighted by Gasteiger charge is 2.75. The lowest BCUT2D eigenvalue weighted by Gasteiger charge is -2.45. The predicted octanol–water partition coefficient (Wildman–Crippen LogP) is 2.99. The van der Waals surface area contributed by atoms with Crippen LogP contribution in [-0.2, 0) is 28.7 Å². The molecule has 2 bridgehead atoms. The molecule has 2 N–H and O–H groups in total. The van der Waals surface area contributed by atoms with E-state index in [1.165, 1.54) is 4.90 Å². The van der Waals surface area contributed by atoms with Gasteiger partial charge in [-0.2, -0.15) is 0 Å². The number of hydrogen-bond acceptors (Lipinski definition) is 7. The van der Waals surface area contributed by atoms with Gasteiger partial charge >= 0.3 is 5.97 Å². The number of allylic oxidation sites excluding steroid dienone is 1. The van der Waals surface area contributed by atoms with Crippen molar-refractivity contribution in [3.05, 3.63) is 25.3 Å². The van der Waals surface area contributed by atoms with Crippen LogP contribution < -0.4 is 5.32 Å². The van der Waals surface area contributed by atoms with Crippen molar-refractivity contribution < 1.29 is 33.8 Å². The summed E-state index contributed by atoms with van der Waals surface area (Å²) in [7, 11) is 0. The standard InChI is InChI=1S/C32H51N3O7/c1-9-11-13-23(37)33-19-21(3)41-29(40)24-22-14-15-32(42-22)25(24)27(38)34(17-12-18-36)26(32)28(39)35(16-10-2)31(7,8)20-30(4,5)6/h9-10,21-22,24-26,36H,1-2,11-20H2,3-8H3,(H,33,37)/t21-,22-,24+,25+,26-,32+/m0/s1. The largest absolute Gasteiger partial charge is 0.460 e. The third-order valence-corrected chi connectivity index (χ3v) is 8.61. The SMILES string of the molecule is C=CCCC(=O)NC[C@H](C)OC(=O)[C@@H]1[C@@H]2CC[C@]3(O2)[C@H](C(=O)N(CC=C)C(C)(C)CC(C)(C)C)N(CCCO)C(=O)[C@@H]13. The van der Waals surface area contributed by atoms with Crippen LogP contribution in [0.4, 0.5) is 0 Å². The van der Waals surface area contributed by atoms with Crippen molar-refractivity contribution in [1.82, 2.24) is 15.1 Å². The molecule has 0 aromatic heterocycles.